The summed E-state index contributed by atoms with van der Waals surface area (Å²) >= 11 is 0.853. The Balaban J connectivity index is 1.60. The van der Waals surface area contributed by atoms with Crippen molar-refractivity contribution in [1.29, 1.82) is 0 Å². The van der Waals surface area contributed by atoms with E-state index in [-0.39, 0.29) is 35.1 Å². The van der Waals surface area contributed by atoms with Crippen LogP contribution in [0.15, 0.2) is 47.4 Å². The molecule has 1 aliphatic rings. The van der Waals surface area contributed by atoms with Gasteiger partial charge in [-0.05, 0) is 47.0 Å². The van der Waals surface area contributed by atoms with Gasteiger partial charge in [0.25, 0.3) is 11.1 Å². The van der Waals surface area contributed by atoms with Crippen molar-refractivity contribution in [3.8, 4) is 17.2 Å². The predicted molar refractivity (Wildman–Crippen MR) is 131 cm³/mol. The number of methoxy groups -OCH3 is 3. The molecule has 8 nitrogen and oxygen atoms in total. The van der Waals surface area contributed by atoms with Gasteiger partial charge in [0.1, 0.15) is 0 Å². The molecule has 1 atom stereocenters. The Bertz CT molecular complexity index is 1060. The summed E-state index contributed by atoms with van der Waals surface area (Å²) in [5.74, 6) is 0.860. The number of benzene rings is 2. The lowest BCUT2D eigenvalue weighted by molar-refractivity contribution is -0.124. The molecule has 0 aliphatic carbocycles. The van der Waals surface area contributed by atoms with Crippen molar-refractivity contribution in [2.24, 2.45) is 0 Å². The number of rotatable bonds is 10. The quantitative estimate of drug-likeness (QED) is 0.508. The van der Waals surface area contributed by atoms with Crippen LogP contribution in [0.5, 0.6) is 17.2 Å². The smallest absolute Gasteiger partial charge is 0.293 e. The molecular formula is C25H28N2O6S. The standard InChI is InChI=1S/C25H28N2O6S/c1-16(18-8-6-5-7-9-18)12-22(28)26-10-11-27-24(29)21(34-25(27)30)15-17-13-19(31-2)23(33-4)20(14-17)32-3/h5-9,13-16H,10-12H2,1-4H3,(H,26,28)/b21-15-. The van der Waals surface area contributed by atoms with Crippen LogP contribution in [-0.4, -0.2) is 56.4 Å². The Hall–Kier alpha value is -3.46. The van der Waals surface area contributed by atoms with E-state index in [1.165, 1.54) is 21.3 Å². The van der Waals surface area contributed by atoms with Gasteiger partial charge in [-0.3, -0.25) is 19.3 Å². The zero-order chi connectivity index (χ0) is 24.7. The molecule has 0 bridgehead atoms. The molecule has 3 rings (SSSR count). The van der Waals surface area contributed by atoms with E-state index in [9.17, 15) is 14.4 Å². The average Bonchev–Trinajstić information content (AvgIpc) is 3.11. The van der Waals surface area contributed by atoms with Crippen molar-refractivity contribution in [3.05, 3.63) is 58.5 Å². The lowest BCUT2D eigenvalue weighted by Crippen LogP contribution is -2.37. The molecule has 180 valence electrons. The van der Waals surface area contributed by atoms with Gasteiger partial charge in [0.15, 0.2) is 11.5 Å². The molecule has 3 amide bonds. The summed E-state index contributed by atoms with van der Waals surface area (Å²) in [6.07, 6.45) is 1.93. The first kappa shape index (κ1) is 25.2. The highest BCUT2D eigenvalue weighted by Gasteiger charge is 2.34. The average molecular weight is 485 g/mol. The van der Waals surface area contributed by atoms with Crippen molar-refractivity contribution < 1.29 is 28.6 Å². The summed E-state index contributed by atoms with van der Waals surface area (Å²) in [6, 6.07) is 13.2. The van der Waals surface area contributed by atoms with Gasteiger partial charge >= 0.3 is 0 Å². The van der Waals surface area contributed by atoms with Gasteiger partial charge < -0.3 is 19.5 Å². The zero-order valence-electron chi connectivity index (χ0n) is 19.6. The lowest BCUT2D eigenvalue weighted by Gasteiger charge is -2.15. The summed E-state index contributed by atoms with van der Waals surface area (Å²) < 4.78 is 16.0. The van der Waals surface area contributed by atoms with Crippen LogP contribution in [0.3, 0.4) is 0 Å². The second kappa shape index (κ2) is 11.6. The second-order valence-electron chi connectivity index (χ2n) is 7.66. The number of hydrogen-bond donors (Lipinski definition) is 1. The Morgan fingerprint density at radius 1 is 1.06 bits per heavy atom. The number of hydrogen-bond acceptors (Lipinski definition) is 7. The molecule has 34 heavy (non-hydrogen) atoms. The maximum atomic E-state index is 12.8. The Morgan fingerprint density at radius 3 is 2.29 bits per heavy atom. The number of carbonyl (C=O) groups excluding carboxylic acids is 3. The minimum atomic E-state index is -0.407. The summed E-state index contributed by atoms with van der Waals surface area (Å²) in [5, 5.41) is 2.42. The first-order valence-corrected chi connectivity index (χ1v) is 11.6. The Kier molecular flexibility index (Phi) is 8.59. The molecule has 2 aromatic carbocycles. The molecule has 1 fully saturated rings. The molecule has 0 spiro atoms. The fraction of sp³-hybridized carbons (Fsp3) is 0.320. The van der Waals surface area contributed by atoms with E-state index < -0.39 is 5.91 Å². The molecule has 0 radical (unpaired) electrons. The minimum Gasteiger partial charge on any atom is -0.493 e. The normalized spacial score (nSPS) is 15.4. The van der Waals surface area contributed by atoms with Crippen LogP contribution in [0.25, 0.3) is 6.08 Å². The van der Waals surface area contributed by atoms with Crippen molar-refractivity contribution in [2.45, 2.75) is 19.3 Å². The summed E-state index contributed by atoms with van der Waals surface area (Å²) in [4.78, 5) is 38.9. The van der Waals surface area contributed by atoms with E-state index in [4.69, 9.17) is 14.2 Å². The maximum absolute atomic E-state index is 12.8. The van der Waals surface area contributed by atoms with Crippen LogP contribution in [-0.2, 0) is 9.59 Å². The van der Waals surface area contributed by atoms with Gasteiger partial charge in [-0.25, -0.2) is 0 Å². The SMILES string of the molecule is COc1cc(/C=C2\SC(=O)N(CCNC(=O)CC(C)c3ccccc3)C2=O)cc(OC)c1OC. The summed E-state index contributed by atoms with van der Waals surface area (Å²) in [5.41, 5.74) is 1.71. The monoisotopic (exact) mass is 484 g/mol. The molecular weight excluding hydrogens is 456 g/mol. The molecule has 2 aromatic rings. The number of ether oxygens (including phenoxy) is 3. The van der Waals surface area contributed by atoms with E-state index in [0.717, 1.165) is 22.2 Å². The van der Waals surface area contributed by atoms with E-state index in [0.29, 0.717) is 29.2 Å². The maximum Gasteiger partial charge on any atom is 0.293 e. The molecule has 0 aromatic heterocycles. The molecule has 1 aliphatic heterocycles. The highest BCUT2D eigenvalue weighted by atomic mass is 32.2. The third kappa shape index (κ3) is 5.91. The molecule has 9 heteroatoms. The van der Waals surface area contributed by atoms with Crippen molar-refractivity contribution >= 4 is 34.9 Å². The van der Waals surface area contributed by atoms with E-state index in [2.05, 4.69) is 5.32 Å². The van der Waals surface area contributed by atoms with E-state index >= 15 is 0 Å². The molecule has 1 N–H and O–H groups in total. The van der Waals surface area contributed by atoms with Gasteiger partial charge in [0.2, 0.25) is 11.7 Å². The van der Waals surface area contributed by atoms with Gasteiger partial charge in [-0.1, -0.05) is 37.3 Å². The lowest BCUT2D eigenvalue weighted by atomic mass is 9.98. The number of imide groups is 1. The number of nitrogens with zero attached hydrogens (tertiary/aromatic N) is 1. The fourth-order valence-corrected chi connectivity index (χ4v) is 4.45. The van der Waals surface area contributed by atoms with Crippen LogP contribution in [0.4, 0.5) is 4.79 Å². The number of carbonyl (C=O) groups is 3. The van der Waals surface area contributed by atoms with Gasteiger partial charge in [-0.15, -0.1) is 0 Å². The first-order valence-electron chi connectivity index (χ1n) is 10.7. The largest absolute Gasteiger partial charge is 0.493 e. The predicted octanol–water partition coefficient (Wildman–Crippen LogP) is 4.06. The Morgan fingerprint density at radius 2 is 1.71 bits per heavy atom. The highest BCUT2D eigenvalue weighted by molar-refractivity contribution is 8.18. The first-order chi connectivity index (χ1) is 16.4. The fourth-order valence-electron chi connectivity index (χ4n) is 3.59. The third-order valence-electron chi connectivity index (χ3n) is 5.38. The van der Waals surface area contributed by atoms with Crippen LogP contribution in [0.1, 0.15) is 30.4 Å². The zero-order valence-corrected chi connectivity index (χ0v) is 20.4. The van der Waals surface area contributed by atoms with Crippen LogP contribution in [0, 0.1) is 0 Å². The summed E-state index contributed by atoms with van der Waals surface area (Å²) in [6.45, 7) is 2.28. The topological polar surface area (TPSA) is 94.2 Å². The Labute approximate surface area is 203 Å². The van der Waals surface area contributed by atoms with Crippen LogP contribution >= 0.6 is 11.8 Å². The van der Waals surface area contributed by atoms with Gasteiger partial charge in [0, 0.05) is 19.5 Å². The van der Waals surface area contributed by atoms with Gasteiger partial charge in [-0.2, -0.15) is 0 Å². The van der Waals surface area contributed by atoms with E-state index in [1.807, 2.05) is 37.3 Å². The van der Waals surface area contributed by atoms with Crippen molar-refractivity contribution in [2.75, 3.05) is 34.4 Å². The van der Waals surface area contributed by atoms with Gasteiger partial charge in [0.05, 0.1) is 26.2 Å². The minimum absolute atomic E-state index is 0.0693. The number of nitrogens with one attached hydrogen (secondary N) is 1. The third-order valence-corrected chi connectivity index (χ3v) is 6.28. The van der Waals surface area contributed by atoms with Crippen LogP contribution in [0.2, 0.25) is 0 Å². The van der Waals surface area contributed by atoms with Crippen LogP contribution < -0.4 is 19.5 Å². The summed E-state index contributed by atoms with van der Waals surface area (Å²) in [7, 11) is 4.51. The van der Waals surface area contributed by atoms with E-state index in [1.54, 1.807) is 18.2 Å². The van der Waals surface area contributed by atoms with Crippen molar-refractivity contribution in [1.82, 2.24) is 10.2 Å². The highest BCUT2D eigenvalue weighted by Crippen LogP contribution is 2.40. The molecule has 1 saturated heterocycles. The van der Waals surface area contributed by atoms with Crippen molar-refractivity contribution in [3.63, 3.8) is 0 Å². The molecule has 0 saturated carbocycles. The molecule has 1 heterocycles. The second-order valence-corrected chi connectivity index (χ2v) is 8.65. The number of thioether (sulfide) groups is 1. The number of amides is 3. The molecule has 1 unspecified atom stereocenters.